The van der Waals surface area contributed by atoms with Crippen LogP contribution in [-0.4, -0.2) is 22.7 Å². The van der Waals surface area contributed by atoms with Gasteiger partial charge in [-0.2, -0.15) is 0 Å². The number of alkyl halides is 1. The molecule has 110 valence electrons. The second-order valence-electron chi connectivity index (χ2n) is 4.53. The Balaban J connectivity index is 2.23. The molecule has 2 rings (SSSR count). The van der Waals surface area contributed by atoms with Crippen molar-refractivity contribution in [2.45, 2.75) is 6.54 Å². The van der Waals surface area contributed by atoms with E-state index in [1.807, 2.05) is 53.4 Å². The van der Waals surface area contributed by atoms with Gasteiger partial charge in [-0.3, -0.25) is 4.79 Å². The van der Waals surface area contributed by atoms with E-state index in [1.54, 1.807) is 0 Å². The van der Waals surface area contributed by atoms with Crippen LogP contribution in [0.25, 0.3) is 0 Å². The van der Waals surface area contributed by atoms with Gasteiger partial charge in [0.1, 0.15) is 0 Å². The molecular weight excluding hydrogens is 462 g/mol. The Morgan fingerprint density at radius 2 is 1.76 bits per heavy atom. The summed E-state index contributed by atoms with van der Waals surface area (Å²) in [6.07, 6.45) is 0. The second-order valence-corrected chi connectivity index (χ2v) is 7.09. The zero-order valence-electron chi connectivity index (χ0n) is 11.2. The topological polar surface area (TPSA) is 20.3 Å². The van der Waals surface area contributed by atoms with Gasteiger partial charge in [0.25, 0.3) is 5.91 Å². The van der Waals surface area contributed by atoms with Crippen molar-refractivity contribution < 1.29 is 4.79 Å². The molecular formula is C16H14Br3NO. The van der Waals surface area contributed by atoms with Gasteiger partial charge in [0.2, 0.25) is 0 Å². The van der Waals surface area contributed by atoms with Gasteiger partial charge in [-0.25, -0.2) is 0 Å². The molecule has 0 bridgehead atoms. The number of hydrogen-bond acceptors (Lipinski definition) is 1. The quantitative estimate of drug-likeness (QED) is 0.541. The van der Waals surface area contributed by atoms with Crippen LogP contribution >= 0.6 is 47.8 Å². The molecule has 0 saturated carbocycles. The number of benzene rings is 2. The maximum absolute atomic E-state index is 12.7. The highest BCUT2D eigenvalue weighted by Gasteiger charge is 2.18. The number of amides is 1. The van der Waals surface area contributed by atoms with Crippen LogP contribution in [0, 0.1) is 0 Å². The summed E-state index contributed by atoms with van der Waals surface area (Å²) in [7, 11) is 0. The van der Waals surface area contributed by atoms with Gasteiger partial charge in [-0.1, -0.05) is 62.2 Å². The zero-order valence-corrected chi connectivity index (χ0v) is 16.0. The minimum Gasteiger partial charge on any atom is -0.333 e. The zero-order chi connectivity index (χ0) is 15.2. The van der Waals surface area contributed by atoms with Gasteiger partial charge in [-0.05, 0) is 39.7 Å². The van der Waals surface area contributed by atoms with E-state index >= 15 is 0 Å². The predicted octanol–water partition coefficient (Wildman–Crippen LogP) is 5.25. The molecule has 2 nitrogen and oxygen atoms in total. The lowest BCUT2D eigenvalue weighted by Gasteiger charge is -2.22. The Morgan fingerprint density at radius 3 is 2.38 bits per heavy atom. The van der Waals surface area contributed by atoms with Gasteiger partial charge in [0, 0.05) is 27.4 Å². The van der Waals surface area contributed by atoms with E-state index in [1.165, 1.54) is 0 Å². The standard InChI is InChI=1S/C16H14Br3NO/c17-8-9-20(11-12-4-2-1-3-5-12)16(21)14-7-6-13(18)10-15(14)19/h1-7,10H,8-9,11H2. The molecule has 0 atom stereocenters. The molecule has 0 aromatic heterocycles. The lowest BCUT2D eigenvalue weighted by Crippen LogP contribution is -2.32. The van der Waals surface area contributed by atoms with E-state index in [9.17, 15) is 4.79 Å². The first-order valence-corrected chi connectivity index (χ1v) is 9.17. The van der Waals surface area contributed by atoms with E-state index in [0.29, 0.717) is 18.7 Å². The molecule has 0 fully saturated rings. The van der Waals surface area contributed by atoms with Crippen molar-refractivity contribution in [2.75, 3.05) is 11.9 Å². The summed E-state index contributed by atoms with van der Waals surface area (Å²) in [6, 6.07) is 15.6. The monoisotopic (exact) mass is 473 g/mol. The predicted molar refractivity (Wildman–Crippen MR) is 96.8 cm³/mol. The molecule has 0 spiro atoms. The fraction of sp³-hybridized carbons (Fsp3) is 0.188. The number of carbonyl (C=O) groups excluding carboxylic acids is 1. The third kappa shape index (κ3) is 4.66. The summed E-state index contributed by atoms with van der Waals surface area (Å²) < 4.78 is 1.75. The van der Waals surface area contributed by atoms with Gasteiger partial charge < -0.3 is 4.90 Å². The first kappa shape index (κ1) is 16.7. The lowest BCUT2D eigenvalue weighted by atomic mass is 10.1. The summed E-state index contributed by atoms with van der Waals surface area (Å²) in [5.41, 5.74) is 1.80. The maximum atomic E-state index is 12.7. The summed E-state index contributed by atoms with van der Waals surface area (Å²) in [5.74, 6) is 0.0256. The highest BCUT2D eigenvalue weighted by molar-refractivity contribution is 9.11. The molecule has 0 radical (unpaired) electrons. The summed E-state index contributed by atoms with van der Waals surface area (Å²) in [6.45, 7) is 1.27. The van der Waals surface area contributed by atoms with Crippen LogP contribution in [0.5, 0.6) is 0 Å². The van der Waals surface area contributed by atoms with Gasteiger partial charge in [0.15, 0.2) is 0 Å². The van der Waals surface area contributed by atoms with E-state index < -0.39 is 0 Å². The summed E-state index contributed by atoms with van der Waals surface area (Å²) in [4.78, 5) is 14.6. The fourth-order valence-electron chi connectivity index (χ4n) is 1.99. The van der Waals surface area contributed by atoms with Crippen molar-refractivity contribution in [3.8, 4) is 0 Å². The van der Waals surface area contributed by atoms with Gasteiger partial charge in [-0.15, -0.1) is 0 Å². The summed E-state index contributed by atoms with van der Waals surface area (Å²) in [5, 5.41) is 0.750. The number of hydrogen-bond donors (Lipinski definition) is 0. The normalized spacial score (nSPS) is 10.4. The van der Waals surface area contributed by atoms with Crippen LogP contribution in [0.4, 0.5) is 0 Å². The minimum atomic E-state index is 0.0256. The van der Waals surface area contributed by atoms with Crippen molar-refractivity contribution >= 4 is 53.7 Å². The number of rotatable bonds is 5. The van der Waals surface area contributed by atoms with Crippen LogP contribution in [0.2, 0.25) is 0 Å². The number of nitrogens with zero attached hydrogens (tertiary/aromatic N) is 1. The molecule has 21 heavy (non-hydrogen) atoms. The largest absolute Gasteiger partial charge is 0.333 e. The second kappa shape index (κ2) is 8.11. The van der Waals surface area contributed by atoms with Crippen LogP contribution in [0.15, 0.2) is 57.5 Å². The Bertz CT molecular complexity index is 616. The van der Waals surface area contributed by atoms with Gasteiger partial charge >= 0.3 is 0 Å². The molecule has 0 N–H and O–H groups in total. The van der Waals surface area contributed by atoms with Crippen molar-refractivity contribution in [1.82, 2.24) is 4.90 Å². The van der Waals surface area contributed by atoms with Crippen molar-refractivity contribution in [2.24, 2.45) is 0 Å². The van der Waals surface area contributed by atoms with Crippen LogP contribution in [0.3, 0.4) is 0 Å². The summed E-state index contributed by atoms with van der Waals surface area (Å²) >= 11 is 10.3. The fourth-order valence-corrected chi connectivity index (χ4v) is 3.64. The molecule has 2 aromatic rings. The van der Waals surface area contributed by atoms with Crippen LogP contribution < -0.4 is 0 Å². The lowest BCUT2D eigenvalue weighted by molar-refractivity contribution is 0.0754. The Kier molecular flexibility index (Phi) is 6.45. The smallest absolute Gasteiger partial charge is 0.255 e. The van der Waals surface area contributed by atoms with Crippen molar-refractivity contribution in [1.29, 1.82) is 0 Å². The Hall–Kier alpha value is -0.650. The van der Waals surface area contributed by atoms with Crippen molar-refractivity contribution in [3.05, 3.63) is 68.6 Å². The highest BCUT2D eigenvalue weighted by Crippen LogP contribution is 2.23. The molecule has 5 heteroatoms. The molecule has 0 heterocycles. The average molecular weight is 476 g/mol. The minimum absolute atomic E-state index is 0.0256. The molecule has 0 aliphatic carbocycles. The number of halogens is 3. The molecule has 0 aliphatic heterocycles. The van der Waals surface area contributed by atoms with E-state index in [-0.39, 0.29) is 5.91 Å². The molecule has 0 unspecified atom stereocenters. The third-order valence-electron chi connectivity index (χ3n) is 3.02. The Labute approximate surface area is 149 Å². The SMILES string of the molecule is O=C(c1ccc(Br)cc1Br)N(CCBr)Cc1ccccc1. The molecule has 2 aromatic carbocycles. The first-order chi connectivity index (χ1) is 10.1. The van der Waals surface area contributed by atoms with Crippen molar-refractivity contribution in [3.63, 3.8) is 0 Å². The Morgan fingerprint density at radius 1 is 1.05 bits per heavy atom. The highest BCUT2D eigenvalue weighted by atomic mass is 79.9. The molecule has 1 amide bonds. The van der Waals surface area contributed by atoms with Crippen LogP contribution in [0.1, 0.15) is 15.9 Å². The first-order valence-electron chi connectivity index (χ1n) is 6.46. The third-order valence-corrected chi connectivity index (χ3v) is 4.52. The maximum Gasteiger partial charge on any atom is 0.255 e. The van der Waals surface area contributed by atoms with Crippen LogP contribution in [-0.2, 0) is 6.54 Å². The van der Waals surface area contributed by atoms with E-state index in [2.05, 4.69) is 47.8 Å². The van der Waals surface area contributed by atoms with E-state index in [4.69, 9.17) is 0 Å². The molecule has 0 aliphatic rings. The average Bonchev–Trinajstić information content (AvgIpc) is 2.47. The molecule has 0 saturated heterocycles. The van der Waals surface area contributed by atoms with Gasteiger partial charge in [0.05, 0.1) is 5.56 Å². The number of carbonyl (C=O) groups is 1. The van der Waals surface area contributed by atoms with E-state index in [0.717, 1.165) is 19.8 Å².